The first-order chi connectivity index (χ1) is 5.56. The molecule has 0 aliphatic carbocycles. The average molecular weight is 184 g/mol. The van der Waals surface area contributed by atoms with Crippen molar-refractivity contribution >= 4 is 10.2 Å². The summed E-state index contributed by atoms with van der Waals surface area (Å²) in [6.07, 6.45) is 3.84. The molecule has 0 aromatic carbocycles. The lowest BCUT2D eigenvalue weighted by Crippen LogP contribution is -2.38. The normalized spacial score (nSPS) is 30.2. The van der Waals surface area contributed by atoms with E-state index in [0.717, 1.165) is 16.8 Å². The summed E-state index contributed by atoms with van der Waals surface area (Å²) in [5.41, 5.74) is 2.92. The summed E-state index contributed by atoms with van der Waals surface area (Å²) in [5, 5.41) is 0.178. The topological polar surface area (TPSA) is 9.23 Å². The second-order valence-electron chi connectivity index (χ2n) is 4.16. The highest BCUT2D eigenvalue weighted by atomic mass is 28.1. The third kappa shape index (κ3) is 1.99. The number of ether oxygens (including phenoxy) is 1. The quantitative estimate of drug-likeness (QED) is 0.444. The van der Waals surface area contributed by atoms with Gasteiger partial charge < -0.3 is 4.74 Å². The third-order valence-electron chi connectivity index (χ3n) is 3.01. The van der Waals surface area contributed by atoms with Crippen LogP contribution in [0.3, 0.4) is 0 Å². The maximum Gasteiger partial charge on any atom is 0.0684 e. The van der Waals surface area contributed by atoms with Crippen molar-refractivity contribution < 1.29 is 4.74 Å². The Balaban J connectivity index is 2.76. The van der Waals surface area contributed by atoms with Gasteiger partial charge in [0, 0.05) is 16.8 Å². The minimum atomic E-state index is 0.178. The number of hydrogen-bond donors (Lipinski definition) is 0. The second-order valence-corrected chi connectivity index (χ2v) is 5.78. The van der Waals surface area contributed by atoms with Crippen molar-refractivity contribution in [2.75, 3.05) is 6.61 Å². The van der Waals surface area contributed by atoms with Crippen LogP contribution in [-0.2, 0) is 4.74 Å². The van der Waals surface area contributed by atoms with Gasteiger partial charge in [-0.05, 0) is 45.6 Å². The smallest absolute Gasteiger partial charge is 0.0684 e. The van der Waals surface area contributed by atoms with E-state index in [2.05, 4.69) is 20.8 Å². The number of rotatable bonds is 1. The van der Waals surface area contributed by atoms with E-state index in [4.69, 9.17) is 4.74 Å². The SMILES string of the molecule is CC(C)=C(C)C1([SiH3])CCCCO1. The molecule has 1 atom stereocenters. The first-order valence-electron chi connectivity index (χ1n) is 4.85. The molecule has 1 rings (SSSR count). The summed E-state index contributed by atoms with van der Waals surface area (Å²) >= 11 is 0. The van der Waals surface area contributed by atoms with Gasteiger partial charge in [-0.25, -0.2) is 0 Å². The monoisotopic (exact) mass is 184 g/mol. The molecule has 0 N–H and O–H groups in total. The molecular formula is C10H20OSi. The zero-order valence-electron chi connectivity index (χ0n) is 8.74. The van der Waals surface area contributed by atoms with Crippen molar-refractivity contribution in [1.82, 2.24) is 0 Å². The minimum Gasteiger partial charge on any atom is -0.375 e. The summed E-state index contributed by atoms with van der Waals surface area (Å²) in [7, 11) is 1.13. The van der Waals surface area contributed by atoms with Gasteiger partial charge in [0.15, 0.2) is 0 Å². The van der Waals surface area contributed by atoms with Gasteiger partial charge in [0.1, 0.15) is 0 Å². The summed E-state index contributed by atoms with van der Waals surface area (Å²) in [4.78, 5) is 0. The Morgan fingerprint density at radius 1 is 1.25 bits per heavy atom. The Hall–Kier alpha value is -0.0831. The lowest BCUT2D eigenvalue weighted by Gasteiger charge is -2.36. The zero-order chi connectivity index (χ0) is 9.19. The van der Waals surface area contributed by atoms with E-state index in [1.165, 1.54) is 30.4 Å². The van der Waals surface area contributed by atoms with Crippen molar-refractivity contribution in [3.8, 4) is 0 Å². The van der Waals surface area contributed by atoms with E-state index in [9.17, 15) is 0 Å². The highest BCUT2D eigenvalue weighted by Gasteiger charge is 2.29. The number of allylic oxidation sites excluding steroid dienone is 1. The fraction of sp³-hybridized carbons (Fsp3) is 0.800. The lowest BCUT2D eigenvalue weighted by atomic mass is 9.98. The zero-order valence-corrected chi connectivity index (χ0v) is 10.7. The maximum absolute atomic E-state index is 5.89. The standard InChI is InChI=1S/C10H20OSi/c1-8(2)9(3)10(12)6-4-5-7-11-10/h4-7H2,1-3,12H3. The van der Waals surface area contributed by atoms with Crippen LogP contribution in [0.5, 0.6) is 0 Å². The molecule has 1 heterocycles. The summed E-state index contributed by atoms with van der Waals surface area (Å²) in [5.74, 6) is 0. The van der Waals surface area contributed by atoms with Crippen molar-refractivity contribution in [2.45, 2.75) is 45.3 Å². The second kappa shape index (κ2) is 3.75. The third-order valence-corrected chi connectivity index (χ3v) is 4.55. The molecule has 0 aromatic heterocycles. The molecule has 0 saturated carbocycles. The first kappa shape index (κ1) is 10.0. The van der Waals surface area contributed by atoms with Gasteiger partial charge in [-0.3, -0.25) is 0 Å². The summed E-state index contributed by atoms with van der Waals surface area (Å²) in [6, 6.07) is 0. The molecule has 0 aromatic rings. The lowest BCUT2D eigenvalue weighted by molar-refractivity contribution is 0.00697. The molecule has 1 unspecified atom stereocenters. The molecule has 1 aliphatic rings. The van der Waals surface area contributed by atoms with Crippen LogP contribution in [0.15, 0.2) is 11.1 Å². The Morgan fingerprint density at radius 2 is 1.92 bits per heavy atom. The highest BCUT2D eigenvalue weighted by Crippen LogP contribution is 2.30. The summed E-state index contributed by atoms with van der Waals surface area (Å²) in [6.45, 7) is 7.57. The van der Waals surface area contributed by atoms with Gasteiger partial charge in [0.05, 0.1) is 5.22 Å². The van der Waals surface area contributed by atoms with Crippen molar-refractivity contribution in [3.63, 3.8) is 0 Å². The Kier molecular flexibility index (Phi) is 3.13. The van der Waals surface area contributed by atoms with E-state index >= 15 is 0 Å². The molecule has 1 saturated heterocycles. The molecule has 0 bridgehead atoms. The molecule has 0 radical (unpaired) electrons. The van der Waals surface area contributed by atoms with Gasteiger partial charge in [-0.1, -0.05) is 5.57 Å². The van der Waals surface area contributed by atoms with Crippen LogP contribution in [0, 0.1) is 0 Å². The van der Waals surface area contributed by atoms with Gasteiger partial charge in [-0.15, -0.1) is 0 Å². The molecule has 1 aliphatic heterocycles. The van der Waals surface area contributed by atoms with Crippen LogP contribution < -0.4 is 0 Å². The van der Waals surface area contributed by atoms with Gasteiger partial charge in [0.25, 0.3) is 0 Å². The predicted molar refractivity (Wildman–Crippen MR) is 56.5 cm³/mol. The van der Waals surface area contributed by atoms with Crippen LogP contribution >= 0.6 is 0 Å². The fourth-order valence-corrected chi connectivity index (χ4v) is 2.82. The maximum atomic E-state index is 5.89. The van der Waals surface area contributed by atoms with Gasteiger partial charge in [-0.2, -0.15) is 0 Å². The van der Waals surface area contributed by atoms with E-state index in [-0.39, 0.29) is 5.22 Å². The van der Waals surface area contributed by atoms with E-state index in [1.807, 2.05) is 0 Å². The molecule has 12 heavy (non-hydrogen) atoms. The van der Waals surface area contributed by atoms with Crippen LogP contribution in [0.25, 0.3) is 0 Å². The largest absolute Gasteiger partial charge is 0.375 e. The Labute approximate surface area is 78.6 Å². The van der Waals surface area contributed by atoms with Crippen LogP contribution in [0.4, 0.5) is 0 Å². The Morgan fingerprint density at radius 3 is 2.33 bits per heavy atom. The van der Waals surface area contributed by atoms with E-state index in [1.54, 1.807) is 0 Å². The van der Waals surface area contributed by atoms with Gasteiger partial charge in [0.2, 0.25) is 0 Å². The fourth-order valence-electron chi connectivity index (χ4n) is 1.76. The molecule has 0 spiro atoms. The van der Waals surface area contributed by atoms with Crippen molar-refractivity contribution in [3.05, 3.63) is 11.1 Å². The average Bonchev–Trinajstić information content (AvgIpc) is 2.04. The molecule has 70 valence electrons. The van der Waals surface area contributed by atoms with E-state index in [0.29, 0.717) is 0 Å². The van der Waals surface area contributed by atoms with Crippen LogP contribution in [-0.4, -0.2) is 22.1 Å². The van der Waals surface area contributed by atoms with Crippen LogP contribution in [0.1, 0.15) is 40.0 Å². The first-order valence-corrected chi connectivity index (χ1v) is 5.85. The molecule has 1 nitrogen and oxygen atoms in total. The molecule has 2 heteroatoms. The van der Waals surface area contributed by atoms with Crippen molar-refractivity contribution in [2.24, 2.45) is 0 Å². The molecule has 1 fully saturated rings. The number of hydrogen-bond acceptors (Lipinski definition) is 1. The van der Waals surface area contributed by atoms with Crippen molar-refractivity contribution in [1.29, 1.82) is 0 Å². The van der Waals surface area contributed by atoms with Crippen LogP contribution in [0.2, 0.25) is 0 Å². The molecule has 0 amide bonds. The molecular weight excluding hydrogens is 164 g/mol. The summed E-state index contributed by atoms with van der Waals surface area (Å²) < 4.78 is 5.89. The Bertz CT molecular complexity index is 186. The minimum absolute atomic E-state index is 0.178. The van der Waals surface area contributed by atoms with Gasteiger partial charge >= 0.3 is 0 Å². The van der Waals surface area contributed by atoms with E-state index < -0.39 is 0 Å². The highest BCUT2D eigenvalue weighted by molar-refractivity contribution is 6.16. The predicted octanol–water partition coefficient (Wildman–Crippen LogP) is 1.60.